The fraction of sp³-hybridized carbons (Fsp3) is 0.417. The van der Waals surface area contributed by atoms with Gasteiger partial charge in [-0.25, -0.2) is 4.79 Å². The number of carbonyl (C=O) groups excluding carboxylic acids is 1. The van der Waals surface area contributed by atoms with Crippen molar-refractivity contribution in [2.45, 2.75) is 26.3 Å². The first-order chi connectivity index (χ1) is 8.85. The first kappa shape index (κ1) is 14.7. The van der Waals surface area contributed by atoms with E-state index in [0.29, 0.717) is 6.42 Å². The van der Waals surface area contributed by atoms with Crippen LogP contribution in [0.15, 0.2) is 16.9 Å². The Kier molecular flexibility index (Phi) is 4.68. The third-order valence-electron chi connectivity index (χ3n) is 2.86. The monoisotopic (exact) mass is 268 g/mol. The summed E-state index contributed by atoms with van der Waals surface area (Å²) < 4.78 is 0. The molecule has 19 heavy (non-hydrogen) atoms. The molecular weight excluding hydrogens is 252 g/mol. The van der Waals surface area contributed by atoms with Gasteiger partial charge in [0.2, 0.25) is 0 Å². The summed E-state index contributed by atoms with van der Waals surface area (Å²) in [6, 6.07) is 1.01. The van der Waals surface area contributed by atoms with Gasteiger partial charge in [-0.2, -0.15) is 0 Å². The van der Waals surface area contributed by atoms with Crippen LogP contribution in [0.2, 0.25) is 0 Å². The van der Waals surface area contributed by atoms with Crippen LogP contribution < -0.4 is 10.9 Å². The van der Waals surface area contributed by atoms with Crippen LogP contribution >= 0.6 is 0 Å². The van der Waals surface area contributed by atoms with Crippen molar-refractivity contribution in [1.82, 2.24) is 10.3 Å². The third kappa shape index (κ3) is 3.84. The molecule has 0 saturated heterocycles. The summed E-state index contributed by atoms with van der Waals surface area (Å²) in [6.45, 7) is 3.51. The number of amides is 1. The molecule has 1 heterocycles. The van der Waals surface area contributed by atoms with Gasteiger partial charge in [0.1, 0.15) is 6.04 Å². The second kappa shape index (κ2) is 6.03. The number of hydrogen-bond acceptors (Lipinski definition) is 4. The minimum absolute atomic E-state index is 0.0872. The Balaban J connectivity index is 2.94. The Bertz CT molecular complexity index is 537. The van der Waals surface area contributed by atoms with Gasteiger partial charge in [0.15, 0.2) is 5.88 Å². The number of aromatic amines is 1. The molecule has 7 heteroatoms. The minimum atomic E-state index is -1.14. The van der Waals surface area contributed by atoms with Crippen LogP contribution in [0.5, 0.6) is 5.88 Å². The molecule has 0 aliphatic heterocycles. The van der Waals surface area contributed by atoms with E-state index in [1.54, 1.807) is 6.92 Å². The molecule has 2 unspecified atom stereocenters. The third-order valence-corrected chi connectivity index (χ3v) is 2.86. The van der Waals surface area contributed by atoms with Crippen LogP contribution in [0.4, 0.5) is 0 Å². The van der Waals surface area contributed by atoms with E-state index in [9.17, 15) is 19.5 Å². The number of aromatic hydroxyl groups is 1. The quantitative estimate of drug-likeness (QED) is 0.612. The van der Waals surface area contributed by atoms with E-state index < -0.39 is 29.4 Å². The number of nitrogens with one attached hydrogen (secondary N) is 2. The summed E-state index contributed by atoms with van der Waals surface area (Å²) in [5.74, 6) is -2.56. The van der Waals surface area contributed by atoms with Crippen LogP contribution in [0.25, 0.3) is 0 Å². The van der Waals surface area contributed by atoms with Crippen molar-refractivity contribution < 1.29 is 19.8 Å². The lowest BCUT2D eigenvalue weighted by Gasteiger charge is -2.20. The number of carboxylic acids is 1. The van der Waals surface area contributed by atoms with Crippen molar-refractivity contribution in [3.63, 3.8) is 0 Å². The molecule has 7 nitrogen and oxygen atoms in total. The highest BCUT2D eigenvalue weighted by Crippen LogP contribution is 2.10. The fourth-order valence-electron chi connectivity index (χ4n) is 1.57. The number of hydrogen-bond donors (Lipinski definition) is 4. The van der Waals surface area contributed by atoms with E-state index in [4.69, 9.17) is 5.11 Å². The van der Waals surface area contributed by atoms with Crippen LogP contribution in [0.1, 0.15) is 30.6 Å². The predicted molar refractivity (Wildman–Crippen MR) is 67.1 cm³/mol. The van der Waals surface area contributed by atoms with Crippen molar-refractivity contribution in [2.24, 2.45) is 5.92 Å². The molecule has 1 aromatic rings. The molecule has 0 bridgehead atoms. The van der Waals surface area contributed by atoms with Crippen molar-refractivity contribution in [3.05, 3.63) is 28.0 Å². The van der Waals surface area contributed by atoms with Crippen LogP contribution in [0, 0.1) is 5.92 Å². The van der Waals surface area contributed by atoms with Gasteiger partial charge in [-0.1, -0.05) is 20.3 Å². The van der Waals surface area contributed by atoms with Gasteiger partial charge in [0.25, 0.3) is 11.5 Å². The van der Waals surface area contributed by atoms with Crippen molar-refractivity contribution in [3.8, 4) is 5.88 Å². The molecule has 1 amide bonds. The predicted octanol–water partition coefficient (Wildman–Crippen LogP) is 0.310. The SMILES string of the molecule is CCC(C)C(NC(=O)c1cc(O)[nH]c(=O)c1)C(=O)O. The van der Waals surface area contributed by atoms with E-state index in [0.717, 1.165) is 12.1 Å². The lowest BCUT2D eigenvalue weighted by atomic mass is 9.99. The minimum Gasteiger partial charge on any atom is -0.494 e. The van der Waals surface area contributed by atoms with Gasteiger partial charge in [-0.05, 0) is 5.92 Å². The number of carbonyl (C=O) groups is 2. The molecule has 104 valence electrons. The van der Waals surface area contributed by atoms with Gasteiger partial charge < -0.3 is 15.5 Å². The number of H-pyrrole nitrogens is 1. The largest absolute Gasteiger partial charge is 0.494 e. The lowest BCUT2D eigenvalue weighted by molar-refractivity contribution is -0.140. The zero-order valence-corrected chi connectivity index (χ0v) is 10.6. The highest BCUT2D eigenvalue weighted by Gasteiger charge is 2.25. The second-order valence-electron chi connectivity index (χ2n) is 4.29. The van der Waals surface area contributed by atoms with E-state index >= 15 is 0 Å². The van der Waals surface area contributed by atoms with E-state index in [-0.39, 0.29) is 11.5 Å². The maximum absolute atomic E-state index is 11.8. The molecule has 1 aromatic heterocycles. The average Bonchev–Trinajstić information content (AvgIpc) is 2.33. The average molecular weight is 268 g/mol. The summed E-state index contributed by atoms with van der Waals surface area (Å²) in [5, 5.41) is 20.6. The van der Waals surface area contributed by atoms with E-state index in [1.807, 2.05) is 6.92 Å². The molecule has 0 aliphatic carbocycles. The maximum Gasteiger partial charge on any atom is 0.326 e. The summed E-state index contributed by atoms with van der Waals surface area (Å²) in [4.78, 5) is 36.1. The van der Waals surface area contributed by atoms with E-state index in [2.05, 4.69) is 10.3 Å². The van der Waals surface area contributed by atoms with Gasteiger partial charge in [0, 0.05) is 12.1 Å². The smallest absolute Gasteiger partial charge is 0.326 e. The van der Waals surface area contributed by atoms with Crippen LogP contribution in [-0.2, 0) is 4.79 Å². The molecule has 0 aromatic carbocycles. The van der Waals surface area contributed by atoms with Crippen LogP contribution in [-0.4, -0.2) is 33.1 Å². The Labute approximate surface area is 109 Å². The fourth-order valence-corrected chi connectivity index (χ4v) is 1.57. The molecule has 2 atom stereocenters. The highest BCUT2D eigenvalue weighted by molar-refractivity contribution is 5.96. The number of aromatic nitrogens is 1. The molecule has 0 spiro atoms. The summed E-state index contributed by atoms with van der Waals surface area (Å²) >= 11 is 0. The van der Waals surface area contributed by atoms with Gasteiger partial charge >= 0.3 is 5.97 Å². The highest BCUT2D eigenvalue weighted by atomic mass is 16.4. The van der Waals surface area contributed by atoms with Crippen molar-refractivity contribution in [2.75, 3.05) is 0 Å². The van der Waals surface area contributed by atoms with Gasteiger partial charge in [-0.15, -0.1) is 0 Å². The molecule has 0 saturated carbocycles. The zero-order valence-electron chi connectivity index (χ0n) is 10.6. The lowest BCUT2D eigenvalue weighted by Crippen LogP contribution is -2.45. The molecule has 0 fully saturated rings. The summed E-state index contributed by atoms with van der Waals surface area (Å²) in [5.41, 5.74) is -0.726. The Morgan fingerprint density at radius 1 is 1.42 bits per heavy atom. The summed E-state index contributed by atoms with van der Waals surface area (Å²) in [6.07, 6.45) is 0.581. The first-order valence-electron chi connectivity index (χ1n) is 5.82. The normalized spacial score (nSPS) is 13.6. The van der Waals surface area contributed by atoms with Crippen molar-refractivity contribution >= 4 is 11.9 Å². The maximum atomic E-state index is 11.8. The first-order valence-corrected chi connectivity index (χ1v) is 5.82. The Hall–Kier alpha value is -2.31. The molecule has 1 rings (SSSR count). The van der Waals surface area contributed by atoms with Crippen molar-refractivity contribution in [1.29, 1.82) is 0 Å². The number of aliphatic carboxylic acids is 1. The Morgan fingerprint density at radius 2 is 2.05 bits per heavy atom. The van der Waals surface area contributed by atoms with E-state index in [1.165, 1.54) is 0 Å². The molecule has 0 aliphatic rings. The van der Waals surface area contributed by atoms with Gasteiger partial charge in [0.05, 0.1) is 5.56 Å². The van der Waals surface area contributed by atoms with Gasteiger partial charge in [-0.3, -0.25) is 14.6 Å². The zero-order chi connectivity index (χ0) is 14.6. The molecule has 4 N–H and O–H groups in total. The summed E-state index contributed by atoms with van der Waals surface area (Å²) in [7, 11) is 0. The van der Waals surface area contributed by atoms with Crippen LogP contribution in [0.3, 0.4) is 0 Å². The Morgan fingerprint density at radius 3 is 2.53 bits per heavy atom. The number of carboxylic acid groups (broad SMARTS) is 1. The number of rotatable bonds is 5. The second-order valence-corrected chi connectivity index (χ2v) is 4.29. The topological polar surface area (TPSA) is 119 Å². The molecule has 0 radical (unpaired) electrons. The standard InChI is InChI=1S/C12H16N2O5/c1-3-6(2)10(12(18)19)14-11(17)7-4-8(15)13-9(16)5-7/h4-6,10H,3H2,1-2H3,(H,14,17)(H,18,19)(H2,13,15,16). The number of pyridine rings is 1. The molecular formula is C12H16N2O5.